The van der Waals surface area contributed by atoms with E-state index in [9.17, 15) is 9.59 Å². The van der Waals surface area contributed by atoms with Crippen molar-refractivity contribution in [2.24, 2.45) is 0 Å². The van der Waals surface area contributed by atoms with Crippen LogP contribution in [0.4, 0.5) is 0 Å². The molecule has 0 unspecified atom stereocenters. The molecule has 3 aromatic carbocycles. The first-order valence-electron chi connectivity index (χ1n) is 11.0. The van der Waals surface area contributed by atoms with Crippen LogP contribution in [0.25, 0.3) is 10.9 Å². The Morgan fingerprint density at radius 2 is 1.45 bits per heavy atom. The van der Waals surface area contributed by atoms with Crippen molar-refractivity contribution in [3.05, 3.63) is 104 Å². The molecule has 2 heterocycles. The van der Waals surface area contributed by atoms with Crippen molar-refractivity contribution in [2.45, 2.75) is 39.3 Å². The Labute approximate surface area is 191 Å². The summed E-state index contributed by atoms with van der Waals surface area (Å²) in [5.74, 6) is 1.29. The third-order valence-electron chi connectivity index (χ3n) is 6.07. The van der Waals surface area contributed by atoms with Crippen molar-refractivity contribution in [1.82, 2.24) is 9.13 Å². The molecular weight excluding hydrogens is 416 g/mol. The SMILES string of the molecule is CC(C)(C)c1ccc(Cn2c(=O)n(Cc3ccc4c(c3)OCO4)c(=O)c3ccccc32)cc1. The second kappa shape index (κ2) is 7.96. The number of aromatic nitrogens is 2. The second-order valence-electron chi connectivity index (χ2n) is 9.41. The lowest BCUT2D eigenvalue weighted by Crippen LogP contribution is -2.40. The fourth-order valence-corrected chi connectivity index (χ4v) is 4.18. The number of para-hydroxylation sites is 1. The Hall–Kier alpha value is -3.80. The van der Waals surface area contributed by atoms with Gasteiger partial charge in [0.05, 0.1) is 24.0 Å². The maximum absolute atomic E-state index is 13.5. The summed E-state index contributed by atoms with van der Waals surface area (Å²) >= 11 is 0. The number of rotatable bonds is 4. The van der Waals surface area contributed by atoms with Crippen LogP contribution < -0.4 is 20.7 Å². The van der Waals surface area contributed by atoms with E-state index in [2.05, 4.69) is 45.0 Å². The Morgan fingerprint density at radius 3 is 2.21 bits per heavy atom. The minimum atomic E-state index is -0.337. The topological polar surface area (TPSA) is 62.5 Å². The maximum Gasteiger partial charge on any atom is 0.332 e. The quantitative estimate of drug-likeness (QED) is 0.473. The van der Waals surface area contributed by atoms with Gasteiger partial charge in [-0.3, -0.25) is 13.9 Å². The average Bonchev–Trinajstić information content (AvgIpc) is 3.27. The zero-order valence-electron chi connectivity index (χ0n) is 19.0. The molecule has 168 valence electrons. The van der Waals surface area contributed by atoms with Crippen molar-refractivity contribution in [3.63, 3.8) is 0 Å². The Balaban J connectivity index is 1.58. The highest BCUT2D eigenvalue weighted by Crippen LogP contribution is 2.32. The molecule has 4 aromatic rings. The summed E-state index contributed by atoms with van der Waals surface area (Å²) in [6, 6.07) is 21.0. The van der Waals surface area contributed by atoms with E-state index in [1.165, 1.54) is 10.1 Å². The molecule has 0 bridgehead atoms. The summed E-state index contributed by atoms with van der Waals surface area (Å²) in [7, 11) is 0. The molecule has 6 heteroatoms. The van der Waals surface area contributed by atoms with Gasteiger partial charge in [-0.25, -0.2) is 4.79 Å². The summed E-state index contributed by atoms with van der Waals surface area (Å²) in [5, 5.41) is 0.518. The highest BCUT2D eigenvalue weighted by Gasteiger charge is 2.17. The van der Waals surface area contributed by atoms with Crippen LogP contribution in [0.15, 0.2) is 76.3 Å². The monoisotopic (exact) mass is 442 g/mol. The van der Waals surface area contributed by atoms with Gasteiger partial charge < -0.3 is 9.47 Å². The van der Waals surface area contributed by atoms with Crippen LogP contribution in [0.1, 0.15) is 37.5 Å². The van der Waals surface area contributed by atoms with Gasteiger partial charge in [0.2, 0.25) is 6.79 Å². The minimum Gasteiger partial charge on any atom is -0.454 e. The van der Waals surface area contributed by atoms with Crippen molar-refractivity contribution < 1.29 is 9.47 Å². The molecule has 0 amide bonds. The highest BCUT2D eigenvalue weighted by atomic mass is 16.7. The van der Waals surface area contributed by atoms with Gasteiger partial charge in [-0.05, 0) is 46.4 Å². The van der Waals surface area contributed by atoms with Gasteiger partial charge in [-0.15, -0.1) is 0 Å². The molecule has 1 aliphatic rings. The molecule has 0 atom stereocenters. The Morgan fingerprint density at radius 1 is 0.788 bits per heavy atom. The molecule has 0 fully saturated rings. The molecule has 0 radical (unpaired) electrons. The van der Waals surface area contributed by atoms with Crippen LogP contribution in [0, 0.1) is 0 Å². The summed E-state index contributed by atoms with van der Waals surface area (Å²) in [5.41, 5.74) is 3.09. The van der Waals surface area contributed by atoms with Crippen molar-refractivity contribution >= 4 is 10.9 Å². The van der Waals surface area contributed by atoms with E-state index in [1.807, 2.05) is 30.3 Å². The number of nitrogens with zero attached hydrogens (tertiary/aromatic N) is 2. The first kappa shape index (κ1) is 21.1. The van der Waals surface area contributed by atoms with E-state index in [0.717, 1.165) is 11.1 Å². The number of ether oxygens (including phenoxy) is 2. The summed E-state index contributed by atoms with van der Waals surface area (Å²) < 4.78 is 13.8. The normalized spacial score (nSPS) is 12.9. The molecule has 0 saturated heterocycles. The molecule has 0 aliphatic carbocycles. The molecule has 6 nitrogen and oxygen atoms in total. The third-order valence-corrected chi connectivity index (χ3v) is 6.07. The van der Waals surface area contributed by atoms with Crippen LogP contribution in [0.2, 0.25) is 0 Å². The Bertz CT molecular complexity index is 1460. The van der Waals surface area contributed by atoms with Gasteiger partial charge in [-0.1, -0.05) is 63.2 Å². The zero-order chi connectivity index (χ0) is 23.2. The fraction of sp³-hybridized carbons (Fsp3) is 0.259. The van der Waals surface area contributed by atoms with E-state index in [0.29, 0.717) is 28.9 Å². The standard InChI is InChI=1S/C27H26N2O4/c1-27(2,3)20-11-8-18(9-12-20)15-28-22-7-5-4-6-21(22)25(30)29(26(28)31)16-19-10-13-23-24(14-19)33-17-32-23/h4-14H,15-17H2,1-3H3. The van der Waals surface area contributed by atoms with E-state index in [1.54, 1.807) is 16.7 Å². The predicted octanol–water partition coefficient (Wildman–Crippen LogP) is 4.29. The Kier molecular flexibility index (Phi) is 5.08. The van der Waals surface area contributed by atoms with E-state index < -0.39 is 0 Å². The number of benzene rings is 3. The average molecular weight is 443 g/mol. The van der Waals surface area contributed by atoms with Gasteiger partial charge in [0.25, 0.3) is 5.56 Å². The summed E-state index contributed by atoms with van der Waals surface area (Å²) in [6.07, 6.45) is 0. The van der Waals surface area contributed by atoms with Crippen molar-refractivity contribution in [2.75, 3.05) is 6.79 Å². The first-order chi connectivity index (χ1) is 15.8. The van der Waals surface area contributed by atoms with Crippen molar-refractivity contribution in [1.29, 1.82) is 0 Å². The predicted molar refractivity (Wildman–Crippen MR) is 128 cm³/mol. The van der Waals surface area contributed by atoms with E-state index >= 15 is 0 Å². The number of hydrogen-bond donors (Lipinski definition) is 0. The van der Waals surface area contributed by atoms with E-state index in [-0.39, 0.29) is 30.0 Å². The van der Waals surface area contributed by atoms with Gasteiger partial charge >= 0.3 is 5.69 Å². The second-order valence-corrected chi connectivity index (χ2v) is 9.41. The largest absolute Gasteiger partial charge is 0.454 e. The van der Waals surface area contributed by atoms with Crippen LogP contribution in [0.5, 0.6) is 11.5 Å². The molecule has 33 heavy (non-hydrogen) atoms. The van der Waals surface area contributed by atoms with Crippen LogP contribution in [-0.4, -0.2) is 15.9 Å². The molecule has 0 spiro atoms. The van der Waals surface area contributed by atoms with Crippen molar-refractivity contribution in [3.8, 4) is 11.5 Å². The lowest BCUT2D eigenvalue weighted by molar-refractivity contribution is 0.174. The number of hydrogen-bond acceptors (Lipinski definition) is 4. The van der Waals surface area contributed by atoms with Crippen LogP contribution in [-0.2, 0) is 18.5 Å². The fourth-order valence-electron chi connectivity index (χ4n) is 4.18. The molecule has 0 N–H and O–H groups in total. The number of fused-ring (bicyclic) bond motifs is 2. The molecule has 1 aromatic heterocycles. The molecule has 1 aliphatic heterocycles. The summed E-state index contributed by atoms with van der Waals surface area (Å²) in [4.78, 5) is 26.8. The minimum absolute atomic E-state index is 0.0555. The van der Waals surface area contributed by atoms with Gasteiger partial charge in [0.15, 0.2) is 11.5 Å². The molecular formula is C27H26N2O4. The third kappa shape index (κ3) is 3.93. The molecule has 5 rings (SSSR count). The van der Waals surface area contributed by atoms with Crippen LogP contribution in [0.3, 0.4) is 0 Å². The van der Waals surface area contributed by atoms with Gasteiger partial charge in [0.1, 0.15) is 0 Å². The molecule has 0 saturated carbocycles. The van der Waals surface area contributed by atoms with Crippen LogP contribution >= 0.6 is 0 Å². The lowest BCUT2D eigenvalue weighted by atomic mass is 9.87. The summed E-state index contributed by atoms with van der Waals surface area (Å²) in [6.45, 7) is 7.23. The van der Waals surface area contributed by atoms with Gasteiger partial charge in [0, 0.05) is 0 Å². The van der Waals surface area contributed by atoms with E-state index in [4.69, 9.17) is 9.47 Å². The zero-order valence-corrected chi connectivity index (χ0v) is 19.0. The first-order valence-corrected chi connectivity index (χ1v) is 11.0. The maximum atomic E-state index is 13.5. The highest BCUT2D eigenvalue weighted by molar-refractivity contribution is 5.78. The lowest BCUT2D eigenvalue weighted by Gasteiger charge is -2.19. The van der Waals surface area contributed by atoms with Gasteiger partial charge in [-0.2, -0.15) is 0 Å². The smallest absolute Gasteiger partial charge is 0.332 e.